The van der Waals surface area contributed by atoms with Crippen molar-refractivity contribution in [2.24, 2.45) is 5.92 Å². The van der Waals surface area contributed by atoms with E-state index < -0.39 is 0 Å². The summed E-state index contributed by atoms with van der Waals surface area (Å²) < 4.78 is 0.653. The Kier molecular flexibility index (Phi) is 2.39. The molecule has 3 heteroatoms. The molecule has 1 fully saturated rings. The first-order valence-corrected chi connectivity index (χ1v) is 4.95. The highest BCUT2D eigenvalue weighted by molar-refractivity contribution is 7.71. The van der Waals surface area contributed by atoms with Crippen LogP contribution in [0.25, 0.3) is 0 Å². The van der Waals surface area contributed by atoms with Crippen LogP contribution in [0, 0.1) is 22.3 Å². The third kappa shape index (κ3) is 2.12. The Labute approximate surface area is 87.1 Å². The van der Waals surface area contributed by atoms with Crippen molar-refractivity contribution in [2.45, 2.75) is 12.8 Å². The number of halogens is 1. The van der Waals surface area contributed by atoms with Crippen LogP contribution in [0.15, 0.2) is 12.3 Å². The number of hydrogen-bond acceptors (Lipinski definition) is 1. The molecular weight excluding hydrogens is 202 g/mol. The van der Waals surface area contributed by atoms with Gasteiger partial charge in [0.1, 0.15) is 5.69 Å². The van der Waals surface area contributed by atoms with E-state index in [9.17, 15) is 0 Å². The van der Waals surface area contributed by atoms with Crippen LogP contribution in [-0.2, 0) is 0 Å². The topological polar surface area (TPSA) is 15.8 Å². The second-order valence-electron chi connectivity index (χ2n) is 3.07. The summed E-state index contributed by atoms with van der Waals surface area (Å²) in [7, 11) is 0. The molecule has 0 unspecified atom stereocenters. The van der Waals surface area contributed by atoms with Crippen molar-refractivity contribution in [3.8, 4) is 11.8 Å². The molecule has 2 rings (SSSR count). The predicted molar refractivity (Wildman–Crippen MR) is 56.2 cm³/mol. The molecule has 0 saturated heterocycles. The van der Waals surface area contributed by atoms with E-state index in [0.29, 0.717) is 15.5 Å². The highest BCUT2D eigenvalue weighted by Crippen LogP contribution is 2.27. The SMILES string of the molecule is S=c1cc[nH]c(C#CC2CC2)c1Cl. The highest BCUT2D eigenvalue weighted by atomic mass is 35.5. The number of nitrogens with one attached hydrogen (secondary N) is 1. The molecule has 1 aliphatic carbocycles. The van der Waals surface area contributed by atoms with Crippen molar-refractivity contribution in [3.63, 3.8) is 0 Å². The van der Waals surface area contributed by atoms with Gasteiger partial charge in [-0.25, -0.2) is 0 Å². The monoisotopic (exact) mass is 209 g/mol. The fourth-order valence-electron chi connectivity index (χ4n) is 0.953. The van der Waals surface area contributed by atoms with E-state index in [4.69, 9.17) is 23.8 Å². The fourth-order valence-corrected chi connectivity index (χ4v) is 1.29. The van der Waals surface area contributed by atoms with Crippen LogP contribution in [0.1, 0.15) is 18.5 Å². The summed E-state index contributed by atoms with van der Waals surface area (Å²) in [4.78, 5) is 2.99. The van der Waals surface area contributed by atoms with Gasteiger partial charge in [0.15, 0.2) is 0 Å². The van der Waals surface area contributed by atoms with E-state index in [1.807, 2.05) is 0 Å². The van der Waals surface area contributed by atoms with Crippen molar-refractivity contribution in [1.29, 1.82) is 0 Å². The van der Waals surface area contributed by atoms with Crippen molar-refractivity contribution in [1.82, 2.24) is 4.98 Å². The number of H-pyrrole nitrogens is 1. The Hall–Kier alpha value is -0.780. The fraction of sp³-hybridized carbons (Fsp3) is 0.300. The second-order valence-corrected chi connectivity index (χ2v) is 3.89. The Bertz CT molecular complexity index is 434. The van der Waals surface area contributed by atoms with E-state index in [1.165, 1.54) is 12.8 Å². The molecule has 0 bridgehead atoms. The summed E-state index contributed by atoms with van der Waals surface area (Å²) in [5, 5.41) is 0.561. The minimum Gasteiger partial charge on any atom is -0.354 e. The first-order chi connectivity index (χ1) is 6.27. The molecule has 1 N–H and O–H groups in total. The number of pyridine rings is 1. The normalized spacial score (nSPS) is 14.8. The third-order valence-corrected chi connectivity index (χ3v) is 2.72. The van der Waals surface area contributed by atoms with E-state index in [2.05, 4.69) is 16.8 Å². The molecule has 0 radical (unpaired) electrons. The number of hydrogen-bond donors (Lipinski definition) is 1. The van der Waals surface area contributed by atoms with E-state index in [-0.39, 0.29) is 0 Å². The molecule has 0 spiro atoms. The molecule has 0 aliphatic heterocycles. The highest BCUT2D eigenvalue weighted by Gasteiger charge is 2.17. The minimum atomic E-state index is 0.561. The molecule has 13 heavy (non-hydrogen) atoms. The van der Waals surface area contributed by atoms with Gasteiger partial charge in [-0.05, 0) is 24.8 Å². The summed E-state index contributed by atoms with van der Waals surface area (Å²) >= 11 is 11.0. The molecule has 1 nitrogen and oxygen atoms in total. The van der Waals surface area contributed by atoms with Crippen molar-refractivity contribution >= 4 is 23.8 Å². The van der Waals surface area contributed by atoms with Gasteiger partial charge in [-0.15, -0.1) is 0 Å². The van der Waals surface area contributed by atoms with Crippen LogP contribution >= 0.6 is 23.8 Å². The van der Waals surface area contributed by atoms with Gasteiger partial charge in [0.05, 0.1) is 9.53 Å². The van der Waals surface area contributed by atoms with Crippen LogP contribution < -0.4 is 0 Å². The molecule has 66 valence electrons. The quantitative estimate of drug-likeness (QED) is 0.513. The van der Waals surface area contributed by atoms with Crippen LogP contribution in [0.5, 0.6) is 0 Å². The van der Waals surface area contributed by atoms with Gasteiger partial charge < -0.3 is 4.98 Å². The lowest BCUT2D eigenvalue weighted by Crippen LogP contribution is -1.83. The molecule has 1 heterocycles. The zero-order valence-corrected chi connectivity index (χ0v) is 8.50. The molecular formula is C10H8ClNS. The first-order valence-electron chi connectivity index (χ1n) is 4.16. The smallest absolute Gasteiger partial charge is 0.110 e. The van der Waals surface area contributed by atoms with E-state index in [0.717, 1.165) is 5.69 Å². The summed E-state index contributed by atoms with van der Waals surface area (Å²) in [5.41, 5.74) is 0.737. The van der Waals surface area contributed by atoms with Gasteiger partial charge in [0.2, 0.25) is 0 Å². The molecule has 1 saturated carbocycles. The van der Waals surface area contributed by atoms with Gasteiger partial charge in [-0.1, -0.05) is 29.7 Å². The Morgan fingerprint density at radius 2 is 2.31 bits per heavy atom. The van der Waals surface area contributed by atoms with Gasteiger partial charge in [0, 0.05) is 12.1 Å². The van der Waals surface area contributed by atoms with Crippen molar-refractivity contribution in [2.75, 3.05) is 0 Å². The predicted octanol–water partition coefficient (Wildman–Crippen LogP) is 3.16. The first kappa shape index (κ1) is 8.80. The number of aromatic amines is 1. The van der Waals surface area contributed by atoms with Crippen molar-refractivity contribution < 1.29 is 0 Å². The number of aromatic nitrogens is 1. The molecule has 1 aliphatic rings. The Morgan fingerprint density at radius 3 is 3.00 bits per heavy atom. The summed E-state index contributed by atoms with van der Waals surface area (Å²) in [6, 6.07) is 1.76. The Balaban J connectivity index is 2.35. The van der Waals surface area contributed by atoms with E-state index >= 15 is 0 Å². The van der Waals surface area contributed by atoms with E-state index in [1.54, 1.807) is 12.3 Å². The van der Waals surface area contributed by atoms with Gasteiger partial charge in [-0.3, -0.25) is 0 Å². The summed E-state index contributed by atoms with van der Waals surface area (Å²) in [6.45, 7) is 0. The summed E-state index contributed by atoms with van der Waals surface area (Å²) in [6.07, 6.45) is 4.21. The maximum atomic E-state index is 5.96. The standard InChI is InChI=1S/C10H8ClNS/c11-10-8(4-3-7-1-2-7)12-6-5-9(10)13/h5-7H,1-2H2,(H,12,13). The number of rotatable bonds is 0. The lowest BCUT2D eigenvalue weighted by molar-refractivity contribution is 1.17. The minimum absolute atomic E-state index is 0.561. The molecule has 1 aromatic heterocycles. The lowest BCUT2D eigenvalue weighted by atomic mass is 10.3. The Morgan fingerprint density at radius 1 is 1.54 bits per heavy atom. The maximum Gasteiger partial charge on any atom is 0.110 e. The lowest BCUT2D eigenvalue weighted by Gasteiger charge is -1.94. The molecule has 0 atom stereocenters. The van der Waals surface area contributed by atoms with Crippen LogP contribution in [-0.4, -0.2) is 4.98 Å². The molecule has 1 aromatic rings. The molecule has 0 amide bonds. The van der Waals surface area contributed by atoms with Crippen molar-refractivity contribution in [3.05, 3.63) is 27.5 Å². The zero-order valence-electron chi connectivity index (χ0n) is 6.93. The van der Waals surface area contributed by atoms with Crippen LogP contribution in [0.2, 0.25) is 5.02 Å². The van der Waals surface area contributed by atoms with Gasteiger partial charge in [0.25, 0.3) is 0 Å². The third-order valence-electron chi connectivity index (χ3n) is 1.88. The van der Waals surface area contributed by atoms with Gasteiger partial charge >= 0.3 is 0 Å². The van der Waals surface area contributed by atoms with Crippen LogP contribution in [0.4, 0.5) is 0 Å². The molecule has 0 aromatic carbocycles. The van der Waals surface area contributed by atoms with Gasteiger partial charge in [-0.2, -0.15) is 0 Å². The average Bonchev–Trinajstić information content (AvgIpc) is 2.91. The average molecular weight is 210 g/mol. The largest absolute Gasteiger partial charge is 0.354 e. The zero-order chi connectivity index (χ0) is 9.26. The maximum absolute atomic E-state index is 5.96. The second kappa shape index (κ2) is 3.53. The van der Waals surface area contributed by atoms with Crippen LogP contribution in [0.3, 0.4) is 0 Å². The summed E-state index contributed by atoms with van der Waals surface area (Å²) in [5.74, 6) is 6.72.